The highest BCUT2D eigenvalue weighted by molar-refractivity contribution is 5.85. The van der Waals surface area contributed by atoms with E-state index in [2.05, 4.69) is 49.2 Å². The fourth-order valence-corrected chi connectivity index (χ4v) is 3.06. The molecule has 1 saturated heterocycles. The zero-order valence-corrected chi connectivity index (χ0v) is 15.2. The van der Waals surface area contributed by atoms with Crippen LogP contribution >= 0.6 is 24.8 Å². The van der Waals surface area contributed by atoms with Gasteiger partial charge < -0.3 is 5.32 Å². The lowest BCUT2D eigenvalue weighted by atomic mass is 9.86. The third kappa shape index (κ3) is 5.78. The number of nitrogens with one attached hydrogen (secondary N) is 1. The summed E-state index contributed by atoms with van der Waals surface area (Å²) in [5.74, 6) is 0.756. The van der Waals surface area contributed by atoms with Gasteiger partial charge in [0, 0.05) is 6.54 Å². The van der Waals surface area contributed by atoms with E-state index in [-0.39, 0.29) is 24.8 Å². The van der Waals surface area contributed by atoms with Crippen LogP contribution in [-0.4, -0.2) is 31.1 Å². The summed E-state index contributed by atoms with van der Waals surface area (Å²) < 4.78 is 0. The molecular weight excluding hydrogens is 303 g/mol. The standard InChI is InChI=1S/C17H28N2.2ClH/c1-4-19(5-2)13-16-7-6-14(3)12-17(16)15-8-10-18-11-9-15;;/h6-7,12,15,18H,4-5,8-11,13H2,1-3H3;2*1H. The number of halogens is 2. The van der Waals surface area contributed by atoms with Crippen molar-refractivity contribution in [3.63, 3.8) is 0 Å². The Morgan fingerprint density at radius 2 is 1.71 bits per heavy atom. The molecule has 0 bridgehead atoms. The summed E-state index contributed by atoms with van der Waals surface area (Å²) >= 11 is 0. The molecule has 2 nitrogen and oxygen atoms in total. The van der Waals surface area contributed by atoms with Gasteiger partial charge in [0.2, 0.25) is 0 Å². The van der Waals surface area contributed by atoms with Crippen molar-refractivity contribution in [1.29, 1.82) is 0 Å². The number of nitrogens with zero attached hydrogens (tertiary/aromatic N) is 1. The first kappa shape index (κ1) is 20.7. The van der Waals surface area contributed by atoms with Crippen LogP contribution in [0.15, 0.2) is 18.2 Å². The van der Waals surface area contributed by atoms with Gasteiger partial charge in [-0.05, 0) is 63.0 Å². The van der Waals surface area contributed by atoms with E-state index in [0.29, 0.717) is 0 Å². The van der Waals surface area contributed by atoms with Gasteiger partial charge in [-0.3, -0.25) is 4.90 Å². The molecule has 1 N–H and O–H groups in total. The fraction of sp³-hybridized carbons (Fsp3) is 0.647. The first-order chi connectivity index (χ1) is 9.24. The third-order valence-electron chi connectivity index (χ3n) is 4.37. The quantitative estimate of drug-likeness (QED) is 0.871. The van der Waals surface area contributed by atoms with Crippen molar-refractivity contribution in [2.45, 2.75) is 46.1 Å². The SMILES string of the molecule is CCN(CC)Cc1ccc(C)cc1C1CCNCC1.Cl.Cl. The van der Waals surface area contributed by atoms with Crippen LogP contribution in [0.5, 0.6) is 0 Å². The summed E-state index contributed by atoms with van der Waals surface area (Å²) in [6.45, 7) is 12.4. The predicted octanol–water partition coefficient (Wildman–Crippen LogP) is 4.15. The van der Waals surface area contributed by atoms with Crippen molar-refractivity contribution in [1.82, 2.24) is 10.2 Å². The van der Waals surface area contributed by atoms with Gasteiger partial charge in [-0.2, -0.15) is 0 Å². The number of benzene rings is 1. The molecule has 0 spiro atoms. The van der Waals surface area contributed by atoms with Crippen molar-refractivity contribution in [2.75, 3.05) is 26.2 Å². The normalized spacial score (nSPS) is 15.4. The Hall–Kier alpha value is -0.280. The summed E-state index contributed by atoms with van der Waals surface area (Å²) in [6, 6.07) is 7.04. The van der Waals surface area contributed by atoms with Crippen LogP contribution in [0.4, 0.5) is 0 Å². The Morgan fingerprint density at radius 3 is 2.29 bits per heavy atom. The Bertz CT molecular complexity index is 400. The third-order valence-corrected chi connectivity index (χ3v) is 4.37. The number of rotatable bonds is 5. The van der Waals surface area contributed by atoms with E-state index >= 15 is 0 Å². The predicted molar refractivity (Wildman–Crippen MR) is 97.1 cm³/mol. The average Bonchev–Trinajstić information content (AvgIpc) is 2.47. The van der Waals surface area contributed by atoms with Crippen LogP contribution in [0, 0.1) is 6.92 Å². The smallest absolute Gasteiger partial charge is 0.0236 e. The van der Waals surface area contributed by atoms with Crippen molar-refractivity contribution < 1.29 is 0 Å². The van der Waals surface area contributed by atoms with Crippen LogP contribution in [0.25, 0.3) is 0 Å². The summed E-state index contributed by atoms with van der Waals surface area (Å²) in [5.41, 5.74) is 4.55. The van der Waals surface area contributed by atoms with E-state index in [0.717, 1.165) is 25.6 Å². The van der Waals surface area contributed by atoms with Gasteiger partial charge in [0.05, 0.1) is 0 Å². The van der Waals surface area contributed by atoms with E-state index in [9.17, 15) is 0 Å². The van der Waals surface area contributed by atoms with Gasteiger partial charge in [-0.25, -0.2) is 0 Å². The summed E-state index contributed by atoms with van der Waals surface area (Å²) in [4.78, 5) is 2.51. The maximum absolute atomic E-state index is 3.47. The minimum Gasteiger partial charge on any atom is -0.317 e. The molecule has 0 aromatic heterocycles. The Morgan fingerprint density at radius 1 is 1.10 bits per heavy atom. The maximum atomic E-state index is 3.47. The minimum absolute atomic E-state index is 0. The van der Waals surface area contributed by atoms with Gasteiger partial charge in [0.15, 0.2) is 0 Å². The Labute approximate surface area is 142 Å². The maximum Gasteiger partial charge on any atom is 0.0236 e. The number of piperidine rings is 1. The second-order valence-corrected chi connectivity index (χ2v) is 5.69. The zero-order chi connectivity index (χ0) is 13.7. The van der Waals surface area contributed by atoms with Crippen LogP contribution < -0.4 is 5.32 Å². The summed E-state index contributed by atoms with van der Waals surface area (Å²) in [7, 11) is 0. The Balaban J connectivity index is 0.00000200. The van der Waals surface area contributed by atoms with E-state index in [1.807, 2.05) is 0 Å². The topological polar surface area (TPSA) is 15.3 Å². The van der Waals surface area contributed by atoms with E-state index in [1.165, 1.54) is 31.5 Å². The summed E-state index contributed by atoms with van der Waals surface area (Å²) in [5, 5.41) is 3.47. The molecule has 0 unspecified atom stereocenters. The molecule has 4 heteroatoms. The second-order valence-electron chi connectivity index (χ2n) is 5.69. The van der Waals surface area contributed by atoms with Crippen molar-refractivity contribution >= 4 is 24.8 Å². The first-order valence-electron chi connectivity index (χ1n) is 7.77. The fourth-order valence-electron chi connectivity index (χ4n) is 3.06. The van der Waals surface area contributed by atoms with Gasteiger partial charge >= 0.3 is 0 Å². The van der Waals surface area contributed by atoms with Gasteiger partial charge in [0.25, 0.3) is 0 Å². The van der Waals surface area contributed by atoms with Crippen molar-refractivity contribution in [3.05, 3.63) is 34.9 Å². The van der Waals surface area contributed by atoms with Crippen LogP contribution in [0.2, 0.25) is 0 Å². The Kier molecular flexibility index (Phi) is 10.3. The molecule has 21 heavy (non-hydrogen) atoms. The molecule has 122 valence electrons. The number of hydrogen-bond donors (Lipinski definition) is 1. The largest absolute Gasteiger partial charge is 0.317 e. The molecule has 1 heterocycles. The molecule has 1 fully saturated rings. The van der Waals surface area contributed by atoms with Crippen molar-refractivity contribution in [2.24, 2.45) is 0 Å². The van der Waals surface area contributed by atoms with E-state index in [4.69, 9.17) is 0 Å². The highest BCUT2D eigenvalue weighted by Gasteiger charge is 2.18. The minimum atomic E-state index is 0. The van der Waals surface area contributed by atoms with Crippen LogP contribution in [0.3, 0.4) is 0 Å². The number of aryl methyl sites for hydroxylation is 1. The highest BCUT2D eigenvalue weighted by atomic mass is 35.5. The molecule has 1 aliphatic rings. The van der Waals surface area contributed by atoms with Gasteiger partial charge in [0.1, 0.15) is 0 Å². The molecule has 2 rings (SSSR count). The second kappa shape index (κ2) is 10.4. The molecule has 1 aromatic rings. The number of hydrogen-bond acceptors (Lipinski definition) is 2. The lowest BCUT2D eigenvalue weighted by molar-refractivity contribution is 0.293. The lowest BCUT2D eigenvalue weighted by Crippen LogP contribution is -2.28. The molecule has 0 amide bonds. The van der Waals surface area contributed by atoms with Crippen molar-refractivity contribution in [3.8, 4) is 0 Å². The lowest BCUT2D eigenvalue weighted by Gasteiger charge is -2.27. The summed E-state index contributed by atoms with van der Waals surface area (Å²) in [6.07, 6.45) is 2.57. The van der Waals surface area contributed by atoms with E-state index < -0.39 is 0 Å². The molecule has 0 saturated carbocycles. The first-order valence-corrected chi connectivity index (χ1v) is 7.77. The molecule has 1 aromatic carbocycles. The van der Waals surface area contributed by atoms with Gasteiger partial charge in [-0.15, -0.1) is 24.8 Å². The van der Waals surface area contributed by atoms with Gasteiger partial charge in [-0.1, -0.05) is 37.6 Å². The molecule has 1 aliphatic heterocycles. The molecule has 0 aliphatic carbocycles. The molecular formula is C17H30Cl2N2. The zero-order valence-electron chi connectivity index (χ0n) is 13.5. The average molecular weight is 333 g/mol. The van der Waals surface area contributed by atoms with E-state index in [1.54, 1.807) is 11.1 Å². The van der Waals surface area contributed by atoms with Crippen LogP contribution in [0.1, 0.15) is 49.3 Å². The molecule has 0 atom stereocenters. The molecule has 0 radical (unpaired) electrons. The van der Waals surface area contributed by atoms with Crippen LogP contribution in [-0.2, 0) is 6.54 Å². The monoisotopic (exact) mass is 332 g/mol. The highest BCUT2D eigenvalue weighted by Crippen LogP contribution is 2.29.